The summed E-state index contributed by atoms with van der Waals surface area (Å²) in [6, 6.07) is 12.8. The second-order valence-electron chi connectivity index (χ2n) is 5.00. The molecule has 0 heterocycles. The quantitative estimate of drug-likeness (QED) is 0.624. The second kappa shape index (κ2) is 7.71. The average Bonchev–Trinajstić information content (AvgIpc) is 2.49. The topological polar surface area (TPSA) is 64.3 Å². The summed E-state index contributed by atoms with van der Waals surface area (Å²) >= 11 is 6.02. The van der Waals surface area contributed by atoms with Crippen LogP contribution < -0.4 is 15.8 Å². The average molecular weight is 319 g/mol. The molecule has 0 atom stereocenters. The van der Waals surface area contributed by atoms with Crippen LogP contribution in [0.3, 0.4) is 0 Å². The predicted molar refractivity (Wildman–Crippen MR) is 90.4 cm³/mol. The van der Waals surface area contributed by atoms with Crippen molar-refractivity contribution in [2.24, 2.45) is 0 Å². The van der Waals surface area contributed by atoms with E-state index in [0.717, 1.165) is 5.56 Å². The van der Waals surface area contributed by atoms with E-state index in [9.17, 15) is 4.79 Å². The maximum Gasteiger partial charge on any atom is 0.224 e. The second-order valence-corrected chi connectivity index (χ2v) is 5.41. The molecule has 0 aliphatic rings. The van der Waals surface area contributed by atoms with Crippen molar-refractivity contribution in [1.29, 1.82) is 0 Å². The van der Waals surface area contributed by atoms with E-state index in [1.807, 2.05) is 37.3 Å². The molecule has 0 bridgehead atoms. The number of hydrogen-bond acceptors (Lipinski definition) is 3. The number of rotatable bonds is 6. The Morgan fingerprint density at radius 2 is 2.05 bits per heavy atom. The van der Waals surface area contributed by atoms with Gasteiger partial charge in [-0.3, -0.25) is 4.79 Å². The summed E-state index contributed by atoms with van der Waals surface area (Å²) in [7, 11) is 0. The molecule has 0 unspecified atom stereocenters. The van der Waals surface area contributed by atoms with Gasteiger partial charge < -0.3 is 15.8 Å². The van der Waals surface area contributed by atoms with Crippen molar-refractivity contribution in [3.05, 3.63) is 53.1 Å². The van der Waals surface area contributed by atoms with Crippen LogP contribution in [0.15, 0.2) is 42.5 Å². The number of nitrogens with one attached hydrogen (secondary N) is 1. The molecule has 0 aliphatic heterocycles. The van der Waals surface area contributed by atoms with Crippen LogP contribution in [0.4, 0.5) is 11.4 Å². The molecule has 2 aromatic rings. The van der Waals surface area contributed by atoms with Crippen LogP contribution in [0.25, 0.3) is 0 Å². The number of nitrogen functional groups attached to an aromatic ring is 1. The Kier molecular flexibility index (Phi) is 5.67. The number of benzene rings is 2. The minimum Gasteiger partial charge on any atom is -0.491 e. The van der Waals surface area contributed by atoms with Crippen molar-refractivity contribution in [2.75, 3.05) is 17.7 Å². The van der Waals surface area contributed by atoms with Gasteiger partial charge in [-0.05, 0) is 43.2 Å². The number of amides is 1. The molecule has 0 aromatic heterocycles. The van der Waals surface area contributed by atoms with E-state index >= 15 is 0 Å². The van der Waals surface area contributed by atoms with Gasteiger partial charge in [0.15, 0.2) is 0 Å². The minimum atomic E-state index is -0.0652. The third-order valence-corrected chi connectivity index (χ3v) is 3.59. The smallest absolute Gasteiger partial charge is 0.224 e. The summed E-state index contributed by atoms with van der Waals surface area (Å²) in [5.41, 5.74) is 8.06. The SMILES string of the molecule is Cc1ccc(NC(=O)CCCOc2ccccc2N)cc1Cl. The first-order valence-electron chi connectivity index (χ1n) is 7.09. The van der Waals surface area contributed by atoms with Gasteiger partial charge in [-0.15, -0.1) is 0 Å². The van der Waals surface area contributed by atoms with Gasteiger partial charge in [0.25, 0.3) is 0 Å². The standard InChI is InChI=1S/C17H19ClN2O2/c1-12-8-9-13(11-14(12)18)20-17(21)7-4-10-22-16-6-3-2-5-15(16)19/h2-3,5-6,8-9,11H,4,7,10,19H2,1H3,(H,20,21). The summed E-state index contributed by atoms with van der Waals surface area (Å²) in [5.74, 6) is 0.581. The molecule has 0 saturated heterocycles. The number of nitrogens with two attached hydrogens (primary N) is 1. The fourth-order valence-electron chi connectivity index (χ4n) is 1.92. The van der Waals surface area contributed by atoms with E-state index < -0.39 is 0 Å². The normalized spacial score (nSPS) is 10.3. The fourth-order valence-corrected chi connectivity index (χ4v) is 2.10. The van der Waals surface area contributed by atoms with E-state index in [2.05, 4.69) is 5.32 Å². The maximum absolute atomic E-state index is 11.9. The van der Waals surface area contributed by atoms with Gasteiger partial charge in [-0.2, -0.15) is 0 Å². The lowest BCUT2D eigenvalue weighted by Gasteiger charge is -2.09. The summed E-state index contributed by atoms with van der Waals surface area (Å²) in [4.78, 5) is 11.9. The summed E-state index contributed by atoms with van der Waals surface area (Å²) < 4.78 is 5.55. The monoisotopic (exact) mass is 318 g/mol. The Balaban J connectivity index is 1.74. The molecule has 1 amide bonds. The van der Waals surface area contributed by atoms with E-state index in [0.29, 0.717) is 41.6 Å². The van der Waals surface area contributed by atoms with Crippen LogP contribution in [-0.2, 0) is 4.79 Å². The lowest BCUT2D eigenvalue weighted by molar-refractivity contribution is -0.116. The third-order valence-electron chi connectivity index (χ3n) is 3.18. The maximum atomic E-state index is 11.9. The highest BCUT2D eigenvalue weighted by atomic mass is 35.5. The van der Waals surface area contributed by atoms with Gasteiger partial charge in [0, 0.05) is 17.1 Å². The zero-order chi connectivity index (χ0) is 15.9. The molecule has 116 valence electrons. The van der Waals surface area contributed by atoms with Crippen molar-refractivity contribution >= 4 is 28.9 Å². The summed E-state index contributed by atoms with van der Waals surface area (Å²) in [5, 5.41) is 3.46. The molecule has 0 fully saturated rings. The van der Waals surface area contributed by atoms with Crippen molar-refractivity contribution in [1.82, 2.24) is 0 Å². The van der Waals surface area contributed by atoms with Gasteiger partial charge in [-0.1, -0.05) is 29.8 Å². The van der Waals surface area contributed by atoms with Crippen LogP contribution in [-0.4, -0.2) is 12.5 Å². The number of carbonyl (C=O) groups is 1. The number of anilines is 2. The zero-order valence-corrected chi connectivity index (χ0v) is 13.2. The fraction of sp³-hybridized carbons (Fsp3) is 0.235. The Bertz CT molecular complexity index is 659. The van der Waals surface area contributed by atoms with E-state index in [4.69, 9.17) is 22.1 Å². The molecule has 4 nitrogen and oxygen atoms in total. The van der Waals surface area contributed by atoms with Gasteiger partial charge >= 0.3 is 0 Å². The lowest BCUT2D eigenvalue weighted by atomic mass is 10.2. The number of hydrogen-bond donors (Lipinski definition) is 2. The molecule has 5 heteroatoms. The number of halogens is 1. The molecule has 0 spiro atoms. The largest absolute Gasteiger partial charge is 0.491 e. The van der Waals surface area contributed by atoms with Crippen molar-refractivity contribution in [3.8, 4) is 5.75 Å². The van der Waals surface area contributed by atoms with E-state index in [-0.39, 0.29) is 5.91 Å². The van der Waals surface area contributed by atoms with Gasteiger partial charge in [0.05, 0.1) is 12.3 Å². The molecule has 0 saturated carbocycles. The molecule has 0 aliphatic carbocycles. The summed E-state index contributed by atoms with van der Waals surface area (Å²) in [6.07, 6.45) is 0.984. The lowest BCUT2D eigenvalue weighted by Crippen LogP contribution is -2.13. The Morgan fingerprint density at radius 1 is 1.27 bits per heavy atom. The highest BCUT2D eigenvalue weighted by Crippen LogP contribution is 2.21. The number of carbonyl (C=O) groups excluding carboxylic acids is 1. The van der Waals surface area contributed by atoms with Crippen LogP contribution in [0.1, 0.15) is 18.4 Å². The van der Waals surface area contributed by atoms with Crippen molar-refractivity contribution in [2.45, 2.75) is 19.8 Å². The van der Waals surface area contributed by atoms with Crippen LogP contribution in [0.5, 0.6) is 5.75 Å². The van der Waals surface area contributed by atoms with Gasteiger partial charge in [-0.25, -0.2) is 0 Å². The molecule has 2 rings (SSSR count). The molecular formula is C17H19ClN2O2. The first-order valence-corrected chi connectivity index (χ1v) is 7.47. The molecule has 0 radical (unpaired) electrons. The predicted octanol–water partition coefficient (Wildman–Crippen LogP) is 4.03. The van der Waals surface area contributed by atoms with Crippen LogP contribution in [0, 0.1) is 6.92 Å². The van der Waals surface area contributed by atoms with Crippen LogP contribution >= 0.6 is 11.6 Å². The Labute approximate surface area is 135 Å². The van der Waals surface area contributed by atoms with Crippen LogP contribution in [0.2, 0.25) is 5.02 Å². The van der Waals surface area contributed by atoms with E-state index in [1.165, 1.54) is 0 Å². The highest BCUT2D eigenvalue weighted by Gasteiger charge is 2.05. The zero-order valence-electron chi connectivity index (χ0n) is 12.4. The Morgan fingerprint density at radius 3 is 2.77 bits per heavy atom. The number of para-hydroxylation sites is 2. The van der Waals surface area contributed by atoms with Crippen molar-refractivity contribution < 1.29 is 9.53 Å². The van der Waals surface area contributed by atoms with E-state index in [1.54, 1.807) is 12.1 Å². The first kappa shape index (κ1) is 16.2. The third kappa shape index (κ3) is 4.67. The molecule has 3 N–H and O–H groups in total. The van der Waals surface area contributed by atoms with Gasteiger partial charge in [0.2, 0.25) is 5.91 Å². The highest BCUT2D eigenvalue weighted by molar-refractivity contribution is 6.31. The first-order chi connectivity index (χ1) is 10.6. The van der Waals surface area contributed by atoms with Gasteiger partial charge in [0.1, 0.15) is 5.75 Å². The minimum absolute atomic E-state index is 0.0652. The number of ether oxygens (including phenoxy) is 1. The molecule has 22 heavy (non-hydrogen) atoms. The summed E-state index contributed by atoms with van der Waals surface area (Å²) in [6.45, 7) is 2.36. The van der Waals surface area contributed by atoms with Crippen molar-refractivity contribution in [3.63, 3.8) is 0 Å². The Hall–Kier alpha value is -2.20. The molecule has 2 aromatic carbocycles. The molecular weight excluding hydrogens is 300 g/mol. The number of aryl methyl sites for hydroxylation is 1.